The largest absolute Gasteiger partial charge is 0.396 e. The summed E-state index contributed by atoms with van der Waals surface area (Å²) in [7, 11) is 0. The van der Waals surface area contributed by atoms with Crippen molar-refractivity contribution in [2.24, 2.45) is 5.41 Å². The number of halogens is 1. The predicted molar refractivity (Wildman–Crippen MR) is 153 cm³/mol. The number of carbonyl (C=O) groups excluding carboxylic acids is 1. The molecule has 1 heterocycles. The molecule has 0 saturated carbocycles. The molecular weight excluding hydrogens is 514 g/mol. The van der Waals surface area contributed by atoms with E-state index in [9.17, 15) is 9.90 Å². The van der Waals surface area contributed by atoms with E-state index in [2.05, 4.69) is 69.5 Å². The highest BCUT2D eigenvalue weighted by Gasteiger charge is 2.39. The molecule has 8 heteroatoms. The van der Waals surface area contributed by atoms with Crippen molar-refractivity contribution in [3.63, 3.8) is 0 Å². The highest BCUT2D eigenvalue weighted by atomic mass is 35.5. The Labute approximate surface area is 234 Å². The molecule has 1 atom stereocenters. The van der Waals surface area contributed by atoms with E-state index in [0.717, 1.165) is 21.7 Å². The number of benzene rings is 3. The number of nitrogens with one attached hydrogen (secondary N) is 1. The highest BCUT2D eigenvalue weighted by Crippen LogP contribution is 2.43. The van der Waals surface area contributed by atoms with Crippen LogP contribution in [-0.4, -0.2) is 56.6 Å². The average Bonchev–Trinajstić information content (AvgIpc) is 3.51. The molecule has 0 fully saturated rings. The lowest BCUT2D eigenvalue weighted by atomic mass is 9.76. The molecule has 1 aromatic heterocycles. The van der Waals surface area contributed by atoms with Crippen LogP contribution in [-0.2, 0) is 10.3 Å². The number of hydrogen-bond donors (Lipinski definition) is 4. The topological polar surface area (TPSA) is 108 Å². The molecule has 4 aromatic rings. The smallest absolute Gasteiger partial charge is 0.249 e. The van der Waals surface area contributed by atoms with Gasteiger partial charge in [0.05, 0.1) is 12.9 Å². The lowest BCUT2D eigenvalue weighted by Crippen LogP contribution is -2.45. The monoisotopic (exact) mass is 549 g/mol. The van der Waals surface area contributed by atoms with E-state index in [1.165, 1.54) is 0 Å². The fourth-order valence-corrected chi connectivity index (χ4v) is 4.59. The number of nitrogens with zero attached hydrogens (tertiary/aromatic N) is 2. The number of aliphatic hydroxyl groups excluding tert-OH is 3. The molecule has 3 aromatic carbocycles. The van der Waals surface area contributed by atoms with Crippen molar-refractivity contribution in [3.05, 3.63) is 125 Å². The SMILES string of the molecule is CC(C)(CO)[C@@H](O)C(=O)NCCCO.Clc1ccccc1C(c1ccccc1)(c1ccccc1)n1ccnc1. The molecule has 7 nitrogen and oxygen atoms in total. The molecule has 206 valence electrons. The molecular formula is C31H36ClN3O4. The first kappa shape index (κ1) is 30.1. The van der Waals surface area contributed by atoms with Gasteiger partial charge in [-0.15, -0.1) is 0 Å². The molecule has 0 saturated heterocycles. The van der Waals surface area contributed by atoms with Gasteiger partial charge in [0.25, 0.3) is 0 Å². The molecule has 0 bridgehead atoms. The maximum absolute atomic E-state index is 11.3. The first-order chi connectivity index (χ1) is 18.8. The molecule has 0 aliphatic rings. The Morgan fingerprint density at radius 1 is 0.949 bits per heavy atom. The Kier molecular flexibility index (Phi) is 10.8. The van der Waals surface area contributed by atoms with Crippen LogP contribution in [0.2, 0.25) is 5.02 Å². The van der Waals surface area contributed by atoms with Gasteiger partial charge in [0, 0.05) is 41.5 Å². The van der Waals surface area contributed by atoms with Crippen molar-refractivity contribution in [1.29, 1.82) is 0 Å². The van der Waals surface area contributed by atoms with E-state index in [0.29, 0.717) is 13.0 Å². The Bertz CT molecular complexity index is 1240. The van der Waals surface area contributed by atoms with E-state index < -0.39 is 23.0 Å². The zero-order valence-electron chi connectivity index (χ0n) is 22.2. The second kappa shape index (κ2) is 14.1. The van der Waals surface area contributed by atoms with E-state index in [4.69, 9.17) is 21.8 Å². The lowest BCUT2D eigenvalue weighted by molar-refractivity contribution is -0.137. The minimum atomic E-state index is -1.23. The number of aromatic nitrogens is 2. The van der Waals surface area contributed by atoms with Gasteiger partial charge in [-0.1, -0.05) is 104 Å². The van der Waals surface area contributed by atoms with Crippen LogP contribution in [0.5, 0.6) is 0 Å². The third kappa shape index (κ3) is 6.94. The second-order valence-corrected chi connectivity index (χ2v) is 10.2. The van der Waals surface area contributed by atoms with Gasteiger partial charge >= 0.3 is 0 Å². The number of carbonyl (C=O) groups is 1. The number of amides is 1. The van der Waals surface area contributed by atoms with Crippen molar-refractivity contribution < 1.29 is 20.1 Å². The molecule has 4 rings (SSSR count). The van der Waals surface area contributed by atoms with Crippen molar-refractivity contribution in [1.82, 2.24) is 14.9 Å². The van der Waals surface area contributed by atoms with Crippen molar-refractivity contribution in [2.45, 2.75) is 31.9 Å². The van der Waals surface area contributed by atoms with Crippen molar-refractivity contribution in [2.75, 3.05) is 19.8 Å². The van der Waals surface area contributed by atoms with E-state index in [1.54, 1.807) is 20.0 Å². The Morgan fingerprint density at radius 2 is 1.51 bits per heavy atom. The van der Waals surface area contributed by atoms with Gasteiger partial charge in [-0.2, -0.15) is 0 Å². The van der Waals surface area contributed by atoms with Gasteiger partial charge in [-0.05, 0) is 23.6 Å². The maximum atomic E-state index is 11.3. The zero-order valence-corrected chi connectivity index (χ0v) is 23.0. The third-order valence-electron chi connectivity index (χ3n) is 6.57. The quantitative estimate of drug-likeness (QED) is 0.175. The molecule has 4 N–H and O–H groups in total. The Morgan fingerprint density at radius 3 is 2.00 bits per heavy atom. The Hall–Kier alpha value is -3.49. The third-order valence-corrected chi connectivity index (χ3v) is 6.90. The summed E-state index contributed by atoms with van der Waals surface area (Å²) in [6.07, 6.45) is 4.87. The number of aliphatic hydroxyl groups is 3. The fourth-order valence-electron chi connectivity index (χ4n) is 4.31. The van der Waals surface area contributed by atoms with Crippen LogP contribution in [0.3, 0.4) is 0 Å². The van der Waals surface area contributed by atoms with Crippen LogP contribution in [0, 0.1) is 5.41 Å². The molecule has 0 spiro atoms. The van der Waals surface area contributed by atoms with E-state index in [1.807, 2.05) is 42.9 Å². The first-order valence-electron chi connectivity index (χ1n) is 12.8. The maximum Gasteiger partial charge on any atom is 0.249 e. The average molecular weight is 550 g/mol. The van der Waals surface area contributed by atoms with Gasteiger partial charge in [-0.25, -0.2) is 4.98 Å². The summed E-state index contributed by atoms with van der Waals surface area (Å²) >= 11 is 6.69. The molecule has 0 unspecified atom stereocenters. The molecule has 39 heavy (non-hydrogen) atoms. The molecule has 0 aliphatic carbocycles. The fraction of sp³-hybridized carbons (Fsp3) is 0.290. The van der Waals surface area contributed by atoms with Crippen LogP contribution in [0.15, 0.2) is 104 Å². The summed E-state index contributed by atoms with van der Waals surface area (Å²) in [5.41, 5.74) is 1.85. The van der Waals surface area contributed by atoms with E-state index in [-0.39, 0.29) is 13.2 Å². The second-order valence-electron chi connectivity index (χ2n) is 9.81. The minimum Gasteiger partial charge on any atom is -0.396 e. The summed E-state index contributed by atoms with van der Waals surface area (Å²) in [6.45, 7) is 3.27. The predicted octanol–water partition coefficient (Wildman–Crippen LogP) is 4.24. The molecule has 1 amide bonds. The zero-order chi connectivity index (χ0) is 28.3. The summed E-state index contributed by atoms with van der Waals surface area (Å²) in [5, 5.41) is 30.1. The first-order valence-corrected chi connectivity index (χ1v) is 13.2. The van der Waals surface area contributed by atoms with Gasteiger partial charge < -0.3 is 25.2 Å². The van der Waals surface area contributed by atoms with Gasteiger partial charge in [0.2, 0.25) is 5.91 Å². The van der Waals surface area contributed by atoms with Crippen LogP contribution < -0.4 is 5.32 Å². The van der Waals surface area contributed by atoms with E-state index >= 15 is 0 Å². The lowest BCUT2D eigenvalue weighted by Gasteiger charge is -2.37. The van der Waals surface area contributed by atoms with Crippen LogP contribution in [0.1, 0.15) is 37.0 Å². The standard InChI is InChI=1S/C22H17ClN2.C9H19NO4/c23-21-14-8-7-13-20(21)22(25-16-15-24-17-25,18-9-3-1-4-10-18)19-11-5-2-6-12-19;1-9(2,6-12)7(13)8(14)10-4-3-5-11/h1-17H;7,11-13H,3-6H2,1-2H3,(H,10,14)/t;7-/m.0/s1. The number of rotatable bonds is 10. The molecule has 0 radical (unpaired) electrons. The normalized spacial score (nSPS) is 12.3. The minimum absolute atomic E-state index is 0.000230. The van der Waals surface area contributed by atoms with Crippen molar-refractivity contribution >= 4 is 17.5 Å². The Balaban J connectivity index is 0.000000258. The van der Waals surface area contributed by atoms with Crippen LogP contribution in [0.25, 0.3) is 0 Å². The molecule has 0 aliphatic heterocycles. The van der Waals surface area contributed by atoms with Crippen molar-refractivity contribution in [3.8, 4) is 0 Å². The summed E-state index contributed by atoms with van der Waals surface area (Å²) in [5.74, 6) is -0.516. The number of imidazole rings is 1. The summed E-state index contributed by atoms with van der Waals surface area (Å²) < 4.78 is 2.12. The number of hydrogen-bond acceptors (Lipinski definition) is 5. The summed E-state index contributed by atoms with van der Waals surface area (Å²) in [4.78, 5) is 15.6. The van der Waals surface area contributed by atoms with Crippen LogP contribution >= 0.6 is 11.6 Å². The highest BCUT2D eigenvalue weighted by molar-refractivity contribution is 6.31. The summed E-state index contributed by atoms with van der Waals surface area (Å²) in [6, 6.07) is 28.8. The van der Waals surface area contributed by atoms with Crippen LogP contribution in [0.4, 0.5) is 0 Å². The van der Waals surface area contributed by atoms with Gasteiger partial charge in [0.15, 0.2) is 0 Å². The van der Waals surface area contributed by atoms with Gasteiger partial charge in [-0.3, -0.25) is 4.79 Å². The van der Waals surface area contributed by atoms with Gasteiger partial charge in [0.1, 0.15) is 11.6 Å².